The number of hydrogen-bond acceptors (Lipinski definition) is 3. The largest absolute Gasteiger partial charge is 0.493 e. The molecule has 2 heterocycles. The van der Waals surface area contributed by atoms with Gasteiger partial charge in [0, 0.05) is 11.5 Å². The second-order valence-corrected chi connectivity index (χ2v) is 5.44. The van der Waals surface area contributed by atoms with Gasteiger partial charge in [0.25, 0.3) is 0 Å². The van der Waals surface area contributed by atoms with E-state index in [2.05, 4.69) is 24.9 Å². The van der Waals surface area contributed by atoms with Gasteiger partial charge in [-0.1, -0.05) is 6.07 Å². The number of rotatable bonds is 1. The first-order chi connectivity index (χ1) is 8.72. The number of ether oxygens (including phenoxy) is 2. The fourth-order valence-corrected chi connectivity index (χ4v) is 3.42. The van der Waals surface area contributed by atoms with Gasteiger partial charge >= 0.3 is 0 Å². The van der Waals surface area contributed by atoms with Gasteiger partial charge < -0.3 is 9.47 Å². The molecule has 2 aliphatic rings. The molecule has 0 N–H and O–H groups in total. The van der Waals surface area contributed by atoms with Gasteiger partial charge in [-0.3, -0.25) is 4.90 Å². The fraction of sp³-hybridized carbons (Fsp3) is 0.600. The summed E-state index contributed by atoms with van der Waals surface area (Å²) in [6, 6.07) is 4.69. The molecule has 1 saturated heterocycles. The molecule has 3 rings (SSSR count). The molecule has 0 radical (unpaired) electrons. The summed E-state index contributed by atoms with van der Waals surface area (Å²) >= 11 is 0. The lowest BCUT2D eigenvalue weighted by molar-refractivity contribution is 0.0844. The number of methoxy groups -OCH3 is 1. The third-order valence-corrected chi connectivity index (χ3v) is 4.42. The average Bonchev–Trinajstić information content (AvgIpc) is 2.39. The molecule has 2 atom stereocenters. The van der Waals surface area contributed by atoms with Gasteiger partial charge in [-0.25, -0.2) is 0 Å². The molecule has 0 bridgehead atoms. The molecule has 2 aliphatic heterocycles. The van der Waals surface area contributed by atoms with Crippen molar-refractivity contribution >= 4 is 0 Å². The summed E-state index contributed by atoms with van der Waals surface area (Å²) in [5, 5.41) is 0. The van der Waals surface area contributed by atoms with Crippen LogP contribution in [0.2, 0.25) is 0 Å². The van der Waals surface area contributed by atoms with E-state index in [4.69, 9.17) is 9.47 Å². The Morgan fingerprint density at radius 1 is 1.39 bits per heavy atom. The van der Waals surface area contributed by atoms with E-state index in [0.29, 0.717) is 12.0 Å². The summed E-state index contributed by atoms with van der Waals surface area (Å²) in [5.41, 5.74) is 2.70. The van der Waals surface area contributed by atoms with Crippen LogP contribution in [-0.4, -0.2) is 38.3 Å². The molecule has 0 aliphatic carbocycles. The van der Waals surface area contributed by atoms with Crippen LogP contribution in [0.4, 0.5) is 0 Å². The van der Waals surface area contributed by atoms with Crippen molar-refractivity contribution in [3.05, 3.63) is 23.3 Å². The maximum absolute atomic E-state index is 6.00. The molecular formula is C15H21NO2. The Morgan fingerprint density at radius 3 is 3.00 bits per heavy atom. The zero-order valence-corrected chi connectivity index (χ0v) is 11.4. The average molecular weight is 247 g/mol. The fourth-order valence-electron chi connectivity index (χ4n) is 3.42. The maximum atomic E-state index is 6.00. The summed E-state index contributed by atoms with van der Waals surface area (Å²) < 4.78 is 11.4. The first kappa shape index (κ1) is 11.8. The van der Waals surface area contributed by atoms with Gasteiger partial charge in [0.2, 0.25) is 0 Å². The van der Waals surface area contributed by atoms with E-state index in [1.165, 1.54) is 30.5 Å². The zero-order chi connectivity index (χ0) is 12.7. The lowest BCUT2D eigenvalue weighted by atomic mass is 9.80. The zero-order valence-electron chi connectivity index (χ0n) is 11.4. The number of likely N-dealkylation sites (N-methyl/N-ethyl adjacent to an activating group) is 1. The van der Waals surface area contributed by atoms with E-state index in [1.807, 2.05) is 6.07 Å². The lowest BCUT2D eigenvalue weighted by Crippen LogP contribution is -2.47. The van der Waals surface area contributed by atoms with Crippen molar-refractivity contribution in [3.8, 4) is 11.5 Å². The molecule has 3 heteroatoms. The smallest absolute Gasteiger partial charge is 0.165 e. The topological polar surface area (TPSA) is 21.7 Å². The van der Waals surface area contributed by atoms with Crippen LogP contribution >= 0.6 is 0 Å². The van der Waals surface area contributed by atoms with Gasteiger partial charge in [0.1, 0.15) is 6.61 Å². The van der Waals surface area contributed by atoms with Gasteiger partial charge in [0.05, 0.1) is 13.2 Å². The van der Waals surface area contributed by atoms with Crippen LogP contribution in [0.3, 0.4) is 0 Å². The molecule has 18 heavy (non-hydrogen) atoms. The van der Waals surface area contributed by atoms with E-state index in [1.54, 1.807) is 7.11 Å². The number of fused-ring (bicyclic) bond motifs is 3. The Labute approximate surface area is 109 Å². The van der Waals surface area contributed by atoms with Crippen molar-refractivity contribution in [1.82, 2.24) is 4.90 Å². The minimum atomic E-state index is 0.525. The maximum Gasteiger partial charge on any atom is 0.165 e. The van der Waals surface area contributed by atoms with Crippen LogP contribution in [-0.2, 0) is 0 Å². The van der Waals surface area contributed by atoms with Crippen LogP contribution in [0.5, 0.6) is 11.5 Å². The predicted molar refractivity (Wildman–Crippen MR) is 71.6 cm³/mol. The van der Waals surface area contributed by atoms with Crippen molar-refractivity contribution in [2.75, 3.05) is 27.3 Å². The quantitative estimate of drug-likeness (QED) is 0.761. The minimum absolute atomic E-state index is 0.525. The van der Waals surface area contributed by atoms with Crippen LogP contribution in [0.25, 0.3) is 0 Å². The van der Waals surface area contributed by atoms with Crippen molar-refractivity contribution in [2.24, 2.45) is 0 Å². The molecule has 3 nitrogen and oxygen atoms in total. The summed E-state index contributed by atoms with van der Waals surface area (Å²) in [5.74, 6) is 2.46. The molecule has 1 aromatic carbocycles. The van der Waals surface area contributed by atoms with Crippen LogP contribution < -0.4 is 9.47 Å². The minimum Gasteiger partial charge on any atom is -0.493 e. The van der Waals surface area contributed by atoms with Crippen LogP contribution in [0.1, 0.15) is 29.9 Å². The Hall–Kier alpha value is -1.22. The van der Waals surface area contributed by atoms with Crippen molar-refractivity contribution in [2.45, 2.75) is 31.7 Å². The summed E-state index contributed by atoms with van der Waals surface area (Å²) in [4.78, 5) is 2.44. The molecule has 2 unspecified atom stereocenters. The van der Waals surface area contributed by atoms with E-state index >= 15 is 0 Å². The number of likely N-dealkylation sites (tertiary alicyclic amines) is 1. The number of aryl methyl sites for hydroxylation is 1. The summed E-state index contributed by atoms with van der Waals surface area (Å²) in [6.45, 7) is 4.15. The van der Waals surface area contributed by atoms with Gasteiger partial charge in [0.15, 0.2) is 11.5 Å². The first-order valence-electron chi connectivity index (χ1n) is 6.73. The monoisotopic (exact) mass is 247 g/mol. The molecule has 98 valence electrons. The molecular weight excluding hydrogens is 226 g/mol. The molecule has 0 aromatic heterocycles. The van der Waals surface area contributed by atoms with Crippen LogP contribution in [0.15, 0.2) is 12.1 Å². The Kier molecular flexibility index (Phi) is 2.94. The van der Waals surface area contributed by atoms with E-state index in [-0.39, 0.29) is 0 Å². The predicted octanol–water partition coefficient (Wildman–Crippen LogP) is 2.57. The van der Waals surface area contributed by atoms with Crippen LogP contribution in [0, 0.1) is 6.92 Å². The Balaban J connectivity index is 2.08. The van der Waals surface area contributed by atoms with Crippen molar-refractivity contribution in [3.63, 3.8) is 0 Å². The number of hydrogen-bond donors (Lipinski definition) is 0. The molecule has 0 spiro atoms. The summed E-state index contributed by atoms with van der Waals surface area (Å²) in [7, 11) is 3.92. The second kappa shape index (κ2) is 4.47. The molecule has 1 fully saturated rings. The number of piperidine rings is 1. The Bertz CT molecular complexity index is 458. The second-order valence-electron chi connectivity index (χ2n) is 5.44. The van der Waals surface area contributed by atoms with Gasteiger partial charge in [-0.15, -0.1) is 0 Å². The summed E-state index contributed by atoms with van der Waals surface area (Å²) in [6.07, 6.45) is 2.53. The van der Waals surface area contributed by atoms with Crippen molar-refractivity contribution in [1.29, 1.82) is 0 Å². The highest BCUT2D eigenvalue weighted by Gasteiger charge is 2.38. The van der Waals surface area contributed by atoms with Gasteiger partial charge in [-0.05, 0) is 45.0 Å². The molecule has 0 amide bonds. The molecule has 1 aromatic rings. The lowest BCUT2D eigenvalue weighted by Gasteiger charge is -2.43. The van der Waals surface area contributed by atoms with E-state index < -0.39 is 0 Å². The van der Waals surface area contributed by atoms with E-state index in [0.717, 1.165) is 18.1 Å². The highest BCUT2D eigenvalue weighted by Crippen LogP contribution is 2.46. The van der Waals surface area contributed by atoms with E-state index in [9.17, 15) is 0 Å². The standard InChI is InChI=1S/C15H21NO2/c1-10-6-7-13(17-3)15-14(10)11-5-4-8-16(2)12(11)9-18-15/h6-7,11-12H,4-5,8-9H2,1-3H3. The SMILES string of the molecule is COc1ccc(C)c2c1OCC1C2CCCN1C. The highest BCUT2D eigenvalue weighted by atomic mass is 16.5. The number of benzene rings is 1. The third kappa shape index (κ3) is 1.69. The molecule has 0 saturated carbocycles. The van der Waals surface area contributed by atoms with Crippen molar-refractivity contribution < 1.29 is 9.47 Å². The normalized spacial score (nSPS) is 27.1. The number of nitrogens with zero attached hydrogens (tertiary/aromatic N) is 1. The highest BCUT2D eigenvalue weighted by molar-refractivity contribution is 5.54. The first-order valence-corrected chi connectivity index (χ1v) is 6.73. The third-order valence-electron chi connectivity index (χ3n) is 4.42. The van der Waals surface area contributed by atoms with Gasteiger partial charge in [-0.2, -0.15) is 0 Å². The Morgan fingerprint density at radius 2 is 2.22 bits per heavy atom.